The molecule has 1 aliphatic rings. The van der Waals surface area contributed by atoms with Gasteiger partial charge in [-0.2, -0.15) is 0 Å². The van der Waals surface area contributed by atoms with E-state index in [0.29, 0.717) is 0 Å². The van der Waals surface area contributed by atoms with Gasteiger partial charge in [-0.15, -0.1) is 0 Å². The first-order valence-electron chi connectivity index (χ1n) is 5.80. The van der Waals surface area contributed by atoms with Gasteiger partial charge in [0.1, 0.15) is 0 Å². The normalized spacial score (nSPS) is 17.8. The van der Waals surface area contributed by atoms with Crippen LogP contribution in [0.5, 0.6) is 0 Å². The summed E-state index contributed by atoms with van der Waals surface area (Å²) in [4.78, 5) is 2.35. The predicted molar refractivity (Wildman–Crippen MR) is 69.4 cm³/mol. The second kappa shape index (κ2) is 5.30. The topological polar surface area (TPSA) is 23.5 Å². The summed E-state index contributed by atoms with van der Waals surface area (Å²) in [5.41, 5.74) is 1.01. The van der Waals surface area contributed by atoms with Crippen LogP contribution in [0.3, 0.4) is 0 Å². The maximum absolute atomic E-state index is 10.0. The molecule has 0 saturated heterocycles. The summed E-state index contributed by atoms with van der Waals surface area (Å²) >= 11 is 3.39. The summed E-state index contributed by atoms with van der Waals surface area (Å²) in [6.45, 7) is 0.974. The molecule has 0 radical (unpaired) electrons. The lowest BCUT2D eigenvalue weighted by atomic mass is 10.1. The third-order valence-corrected chi connectivity index (χ3v) is 3.71. The Kier molecular flexibility index (Phi) is 4.00. The Morgan fingerprint density at radius 2 is 2.00 bits per heavy atom. The number of hydrogen-bond acceptors (Lipinski definition) is 2. The highest BCUT2D eigenvalue weighted by atomic mass is 79.9. The van der Waals surface area contributed by atoms with Crippen molar-refractivity contribution in [1.29, 1.82) is 0 Å². The van der Waals surface area contributed by atoms with Crippen molar-refractivity contribution in [1.82, 2.24) is 4.90 Å². The SMILES string of the molecule is CN(CCC(O)c1ccc(Br)cc1)C1CC1. The van der Waals surface area contributed by atoms with Gasteiger partial charge in [0.2, 0.25) is 0 Å². The zero-order valence-corrected chi connectivity index (χ0v) is 11.2. The minimum Gasteiger partial charge on any atom is -0.388 e. The van der Waals surface area contributed by atoms with Gasteiger partial charge in [-0.25, -0.2) is 0 Å². The molecule has 0 amide bonds. The lowest BCUT2D eigenvalue weighted by Gasteiger charge is -2.18. The smallest absolute Gasteiger partial charge is 0.0802 e. The van der Waals surface area contributed by atoms with Crippen LogP contribution in [0.2, 0.25) is 0 Å². The summed E-state index contributed by atoms with van der Waals surface area (Å²) in [7, 11) is 2.14. The minimum absolute atomic E-state index is 0.339. The van der Waals surface area contributed by atoms with E-state index in [0.717, 1.165) is 29.0 Å². The standard InChI is InChI=1S/C13H18BrNO/c1-15(12-6-7-12)9-8-13(16)10-2-4-11(14)5-3-10/h2-5,12-13,16H,6-9H2,1H3. The highest BCUT2D eigenvalue weighted by Crippen LogP contribution is 2.26. The summed E-state index contributed by atoms with van der Waals surface area (Å²) in [5.74, 6) is 0. The molecule has 0 bridgehead atoms. The Balaban J connectivity index is 1.82. The van der Waals surface area contributed by atoms with Gasteiger partial charge in [0, 0.05) is 17.1 Å². The average Bonchev–Trinajstić information content (AvgIpc) is 3.10. The molecule has 1 fully saturated rings. The average molecular weight is 284 g/mol. The molecule has 1 atom stereocenters. The van der Waals surface area contributed by atoms with E-state index in [9.17, 15) is 5.11 Å². The third kappa shape index (κ3) is 3.30. The molecule has 2 rings (SSSR count). The third-order valence-electron chi connectivity index (χ3n) is 3.18. The highest BCUT2D eigenvalue weighted by Gasteiger charge is 2.26. The largest absolute Gasteiger partial charge is 0.388 e. The lowest BCUT2D eigenvalue weighted by molar-refractivity contribution is 0.147. The molecular weight excluding hydrogens is 266 g/mol. The molecular formula is C13H18BrNO. The Hall–Kier alpha value is -0.380. The molecule has 0 aromatic heterocycles. The first-order valence-corrected chi connectivity index (χ1v) is 6.60. The fourth-order valence-electron chi connectivity index (χ4n) is 1.88. The summed E-state index contributed by atoms with van der Waals surface area (Å²) in [6, 6.07) is 8.68. The fraction of sp³-hybridized carbons (Fsp3) is 0.538. The molecule has 16 heavy (non-hydrogen) atoms. The van der Waals surface area contributed by atoms with Crippen LogP contribution in [0.4, 0.5) is 0 Å². The van der Waals surface area contributed by atoms with Crippen molar-refractivity contribution in [2.24, 2.45) is 0 Å². The molecule has 1 aromatic rings. The van der Waals surface area contributed by atoms with Gasteiger partial charge in [0.25, 0.3) is 0 Å². The molecule has 88 valence electrons. The number of nitrogens with zero attached hydrogens (tertiary/aromatic N) is 1. The minimum atomic E-state index is -0.339. The van der Waals surface area contributed by atoms with E-state index in [1.807, 2.05) is 24.3 Å². The maximum Gasteiger partial charge on any atom is 0.0802 e. The molecule has 0 heterocycles. The van der Waals surface area contributed by atoms with E-state index in [1.54, 1.807) is 0 Å². The van der Waals surface area contributed by atoms with Crippen LogP contribution in [0.25, 0.3) is 0 Å². The van der Waals surface area contributed by atoms with Crippen LogP contribution in [0, 0.1) is 0 Å². The molecule has 1 aromatic carbocycles. The summed E-state index contributed by atoms with van der Waals surface area (Å²) in [6.07, 6.45) is 3.12. The van der Waals surface area contributed by atoms with Crippen molar-refractivity contribution in [2.75, 3.05) is 13.6 Å². The molecule has 3 heteroatoms. The van der Waals surface area contributed by atoms with Crippen molar-refractivity contribution < 1.29 is 5.11 Å². The van der Waals surface area contributed by atoms with Crippen molar-refractivity contribution in [3.05, 3.63) is 34.3 Å². The number of aliphatic hydroxyl groups excluding tert-OH is 1. The molecule has 0 aliphatic heterocycles. The van der Waals surface area contributed by atoms with Crippen LogP contribution in [-0.2, 0) is 0 Å². The van der Waals surface area contributed by atoms with Crippen LogP contribution < -0.4 is 0 Å². The second-order valence-electron chi connectivity index (χ2n) is 4.57. The van der Waals surface area contributed by atoms with Gasteiger partial charge < -0.3 is 10.0 Å². The highest BCUT2D eigenvalue weighted by molar-refractivity contribution is 9.10. The van der Waals surface area contributed by atoms with Crippen LogP contribution in [-0.4, -0.2) is 29.6 Å². The quantitative estimate of drug-likeness (QED) is 0.898. The number of aliphatic hydroxyl groups is 1. The molecule has 1 unspecified atom stereocenters. The van der Waals surface area contributed by atoms with E-state index in [4.69, 9.17) is 0 Å². The molecule has 2 nitrogen and oxygen atoms in total. The maximum atomic E-state index is 10.0. The Morgan fingerprint density at radius 3 is 2.56 bits per heavy atom. The zero-order chi connectivity index (χ0) is 11.5. The van der Waals surface area contributed by atoms with E-state index >= 15 is 0 Å². The van der Waals surface area contributed by atoms with Gasteiger partial charge in [0.15, 0.2) is 0 Å². The van der Waals surface area contributed by atoms with Gasteiger partial charge in [-0.1, -0.05) is 28.1 Å². The van der Waals surface area contributed by atoms with E-state index in [-0.39, 0.29) is 6.10 Å². The second-order valence-corrected chi connectivity index (χ2v) is 5.48. The van der Waals surface area contributed by atoms with Crippen LogP contribution in [0.15, 0.2) is 28.7 Å². The van der Waals surface area contributed by atoms with Gasteiger partial charge in [-0.05, 0) is 44.0 Å². The fourth-order valence-corrected chi connectivity index (χ4v) is 2.14. The lowest BCUT2D eigenvalue weighted by Crippen LogP contribution is -2.23. The zero-order valence-electron chi connectivity index (χ0n) is 9.56. The van der Waals surface area contributed by atoms with Gasteiger partial charge >= 0.3 is 0 Å². The van der Waals surface area contributed by atoms with Crippen molar-refractivity contribution >= 4 is 15.9 Å². The van der Waals surface area contributed by atoms with Gasteiger partial charge in [-0.3, -0.25) is 0 Å². The van der Waals surface area contributed by atoms with E-state index < -0.39 is 0 Å². The van der Waals surface area contributed by atoms with Crippen molar-refractivity contribution in [2.45, 2.75) is 31.4 Å². The van der Waals surface area contributed by atoms with Crippen molar-refractivity contribution in [3.8, 4) is 0 Å². The predicted octanol–water partition coefficient (Wildman–Crippen LogP) is 2.97. The first-order chi connectivity index (χ1) is 7.66. The van der Waals surface area contributed by atoms with E-state index in [2.05, 4.69) is 27.9 Å². The summed E-state index contributed by atoms with van der Waals surface area (Å²) in [5, 5.41) is 10.0. The number of rotatable bonds is 5. The van der Waals surface area contributed by atoms with Crippen LogP contribution in [0.1, 0.15) is 30.9 Å². The molecule has 1 aliphatic carbocycles. The van der Waals surface area contributed by atoms with E-state index in [1.165, 1.54) is 12.8 Å². The number of benzene rings is 1. The van der Waals surface area contributed by atoms with Crippen molar-refractivity contribution in [3.63, 3.8) is 0 Å². The monoisotopic (exact) mass is 283 g/mol. The Bertz CT molecular complexity index is 334. The Labute approximate surface area is 105 Å². The number of halogens is 1. The summed E-state index contributed by atoms with van der Waals surface area (Å²) < 4.78 is 1.05. The number of hydrogen-bond donors (Lipinski definition) is 1. The first kappa shape index (κ1) is 12.1. The molecule has 0 spiro atoms. The van der Waals surface area contributed by atoms with Gasteiger partial charge in [0.05, 0.1) is 6.10 Å². The van der Waals surface area contributed by atoms with Crippen LogP contribution >= 0.6 is 15.9 Å². The Morgan fingerprint density at radius 1 is 1.38 bits per heavy atom. The molecule has 1 saturated carbocycles. The molecule has 1 N–H and O–H groups in total.